The van der Waals surface area contributed by atoms with Crippen LogP contribution in [0.15, 0.2) is 22.9 Å². The Labute approximate surface area is 112 Å². The topological polar surface area (TPSA) is 56.2 Å². The molecule has 0 bridgehead atoms. The summed E-state index contributed by atoms with van der Waals surface area (Å²) >= 11 is 3.30. The van der Waals surface area contributed by atoms with E-state index < -0.39 is 0 Å². The van der Waals surface area contributed by atoms with Gasteiger partial charge in [-0.15, -0.1) is 27.8 Å². The highest BCUT2D eigenvalue weighted by Gasteiger charge is 2.07. The fourth-order valence-corrected chi connectivity index (χ4v) is 3.15. The van der Waals surface area contributed by atoms with Crippen molar-refractivity contribution < 1.29 is 0 Å². The zero-order chi connectivity index (χ0) is 12.4. The molecule has 92 valence electrons. The lowest BCUT2D eigenvalue weighted by Crippen LogP contribution is -2.05. The summed E-state index contributed by atoms with van der Waals surface area (Å²) in [6.45, 7) is 0.631. The molecule has 0 saturated heterocycles. The summed E-state index contributed by atoms with van der Waals surface area (Å²) in [5, 5.41) is 8.59. The van der Waals surface area contributed by atoms with Crippen molar-refractivity contribution in [2.24, 2.45) is 5.73 Å². The first-order chi connectivity index (χ1) is 8.86. The Morgan fingerprint density at radius 1 is 1.33 bits per heavy atom. The zero-order valence-electron chi connectivity index (χ0n) is 9.61. The van der Waals surface area contributed by atoms with Gasteiger partial charge < -0.3 is 5.73 Å². The van der Waals surface area contributed by atoms with E-state index in [4.69, 9.17) is 5.73 Å². The van der Waals surface area contributed by atoms with Gasteiger partial charge >= 0.3 is 0 Å². The zero-order valence-corrected chi connectivity index (χ0v) is 11.2. The van der Waals surface area contributed by atoms with Crippen molar-refractivity contribution in [1.29, 1.82) is 0 Å². The minimum atomic E-state index is 0.631. The van der Waals surface area contributed by atoms with Crippen LogP contribution in [-0.4, -0.2) is 21.1 Å². The van der Waals surface area contributed by atoms with Gasteiger partial charge in [0.05, 0.1) is 5.69 Å². The number of thiophene rings is 1. The molecule has 3 heterocycles. The Balaban J connectivity index is 1.89. The Morgan fingerprint density at radius 2 is 2.28 bits per heavy atom. The number of nitrogens with two attached hydrogens (primary N) is 1. The maximum atomic E-state index is 5.57. The first kappa shape index (κ1) is 11.6. The van der Waals surface area contributed by atoms with Gasteiger partial charge in [-0.25, -0.2) is 4.52 Å². The second-order valence-corrected chi connectivity index (χ2v) is 5.59. The van der Waals surface area contributed by atoms with Crippen LogP contribution in [0, 0.1) is 0 Å². The van der Waals surface area contributed by atoms with E-state index >= 15 is 0 Å². The molecule has 0 aliphatic rings. The molecular formula is C12H12N4S2. The van der Waals surface area contributed by atoms with E-state index in [2.05, 4.69) is 26.9 Å². The van der Waals surface area contributed by atoms with Crippen LogP contribution in [0.5, 0.6) is 0 Å². The predicted octanol–water partition coefficient (Wildman–Crippen LogP) is 2.52. The molecule has 4 nitrogen and oxygen atoms in total. The lowest BCUT2D eigenvalue weighted by Gasteiger charge is -1.92. The normalized spacial score (nSPS) is 11.8. The number of nitrogens with zero attached hydrogens (tertiary/aromatic N) is 3. The summed E-state index contributed by atoms with van der Waals surface area (Å²) in [6.07, 6.45) is 4.81. The van der Waals surface area contributed by atoms with Crippen LogP contribution in [0.1, 0.15) is 16.4 Å². The molecule has 0 spiro atoms. The predicted molar refractivity (Wildman–Crippen MR) is 76.9 cm³/mol. The molecular weight excluding hydrogens is 264 g/mol. The number of fused-ring (bicyclic) bond motifs is 1. The Kier molecular flexibility index (Phi) is 3.22. The molecule has 0 amide bonds. The Morgan fingerprint density at radius 3 is 3.06 bits per heavy atom. The Hall–Kier alpha value is -1.50. The van der Waals surface area contributed by atoms with Gasteiger partial charge in [0.25, 0.3) is 0 Å². The fraction of sp³-hybridized carbons (Fsp3) is 0.167. The van der Waals surface area contributed by atoms with Crippen molar-refractivity contribution in [3.05, 3.63) is 39.3 Å². The van der Waals surface area contributed by atoms with Crippen LogP contribution >= 0.6 is 22.7 Å². The molecule has 0 aliphatic heterocycles. The summed E-state index contributed by atoms with van der Waals surface area (Å²) < 4.78 is 1.88. The maximum absolute atomic E-state index is 5.57. The number of aromatic nitrogens is 3. The van der Waals surface area contributed by atoms with Crippen LogP contribution in [0.25, 0.3) is 17.1 Å². The highest BCUT2D eigenvalue weighted by Crippen LogP contribution is 2.16. The largest absolute Gasteiger partial charge is 0.330 e. The molecule has 0 atom stereocenters. The average molecular weight is 276 g/mol. The third kappa shape index (κ3) is 2.22. The van der Waals surface area contributed by atoms with Crippen molar-refractivity contribution in [3.63, 3.8) is 0 Å². The summed E-state index contributed by atoms with van der Waals surface area (Å²) in [6, 6.07) is 4.10. The molecule has 3 aromatic rings. The quantitative estimate of drug-likeness (QED) is 0.796. The van der Waals surface area contributed by atoms with Gasteiger partial charge in [0.1, 0.15) is 0 Å². The van der Waals surface area contributed by atoms with Gasteiger partial charge in [-0.3, -0.25) is 0 Å². The van der Waals surface area contributed by atoms with Gasteiger partial charge in [-0.05, 0) is 30.1 Å². The summed E-state index contributed by atoms with van der Waals surface area (Å²) in [5.41, 5.74) is 6.70. The molecule has 0 aromatic carbocycles. The van der Waals surface area contributed by atoms with E-state index in [-0.39, 0.29) is 0 Å². The summed E-state index contributed by atoms with van der Waals surface area (Å²) in [7, 11) is 0. The lowest BCUT2D eigenvalue weighted by molar-refractivity contribution is 0.839. The second-order valence-electron chi connectivity index (χ2n) is 3.78. The fourth-order valence-electron chi connectivity index (χ4n) is 1.67. The van der Waals surface area contributed by atoms with Crippen LogP contribution in [0.3, 0.4) is 0 Å². The van der Waals surface area contributed by atoms with Crippen LogP contribution in [0.2, 0.25) is 0 Å². The average Bonchev–Trinajstić information content (AvgIpc) is 3.04. The van der Waals surface area contributed by atoms with Crippen molar-refractivity contribution in [1.82, 2.24) is 14.6 Å². The van der Waals surface area contributed by atoms with Crippen LogP contribution in [-0.2, 0) is 6.42 Å². The van der Waals surface area contributed by atoms with E-state index in [0.717, 1.165) is 22.9 Å². The number of hydrogen-bond acceptors (Lipinski definition) is 5. The van der Waals surface area contributed by atoms with Gasteiger partial charge in [0, 0.05) is 16.7 Å². The monoisotopic (exact) mass is 276 g/mol. The van der Waals surface area contributed by atoms with Crippen molar-refractivity contribution in [2.45, 2.75) is 6.42 Å². The lowest BCUT2D eigenvalue weighted by atomic mass is 10.3. The molecule has 3 rings (SSSR count). The van der Waals surface area contributed by atoms with E-state index in [9.17, 15) is 0 Å². The molecule has 0 fully saturated rings. The highest BCUT2D eigenvalue weighted by molar-refractivity contribution is 7.15. The minimum absolute atomic E-state index is 0.631. The third-order valence-corrected chi connectivity index (χ3v) is 4.21. The Bertz CT molecular complexity index is 663. The molecule has 18 heavy (non-hydrogen) atoms. The molecule has 0 saturated carbocycles. The molecule has 3 aromatic heterocycles. The van der Waals surface area contributed by atoms with Crippen molar-refractivity contribution >= 4 is 39.8 Å². The van der Waals surface area contributed by atoms with Crippen molar-refractivity contribution in [2.75, 3.05) is 6.54 Å². The van der Waals surface area contributed by atoms with Crippen LogP contribution in [0.4, 0.5) is 0 Å². The molecule has 0 radical (unpaired) electrons. The smallest absolute Gasteiger partial charge is 0.212 e. The van der Waals surface area contributed by atoms with Gasteiger partial charge in [-0.2, -0.15) is 4.98 Å². The maximum Gasteiger partial charge on any atom is 0.212 e. The van der Waals surface area contributed by atoms with E-state index in [1.807, 2.05) is 22.7 Å². The highest BCUT2D eigenvalue weighted by atomic mass is 32.1. The summed E-state index contributed by atoms with van der Waals surface area (Å²) in [4.78, 5) is 6.59. The number of thiazole rings is 1. The molecule has 0 unspecified atom stereocenters. The van der Waals surface area contributed by atoms with Gasteiger partial charge in [-0.1, -0.05) is 6.07 Å². The third-order valence-electron chi connectivity index (χ3n) is 2.51. The standard InChI is InChI=1S/C12H12N4S2/c13-6-5-9-8-18-12-14-11(15-16(9)12)4-3-10-2-1-7-17-10/h1-4,7-8H,5-6,13H2/b4-3+. The van der Waals surface area contributed by atoms with E-state index in [1.54, 1.807) is 22.7 Å². The van der Waals surface area contributed by atoms with Gasteiger partial charge in [0.2, 0.25) is 4.96 Å². The van der Waals surface area contributed by atoms with Gasteiger partial charge in [0.15, 0.2) is 5.82 Å². The SMILES string of the molecule is NCCc1csc2nc(/C=C/c3cccs3)nn12. The second kappa shape index (κ2) is 5.01. The first-order valence-electron chi connectivity index (χ1n) is 5.61. The molecule has 0 aliphatic carbocycles. The number of hydrogen-bond donors (Lipinski definition) is 1. The summed E-state index contributed by atoms with van der Waals surface area (Å²) in [5.74, 6) is 0.744. The van der Waals surface area contributed by atoms with E-state index in [1.165, 1.54) is 4.88 Å². The molecule has 2 N–H and O–H groups in total. The van der Waals surface area contributed by atoms with Crippen molar-refractivity contribution in [3.8, 4) is 0 Å². The minimum Gasteiger partial charge on any atom is -0.330 e. The van der Waals surface area contributed by atoms with Crippen LogP contribution < -0.4 is 5.73 Å². The van der Waals surface area contributed by atoms with E-state index in [0.29, 0.717) is 6.54 Å². The number of rotatable bonds is 4. The molecule has 6 heteroatoms. The first-order valence-corrected chi connectivity index (χ1v) is 7.37.